The highest BCUT2D eigenvalue weighted by molar-refractivity contribution is 5.90. The van der Waals surface area contributed by atoms with E-state index in [9.17, 15) is 9.59 Å². The summed E-state index contributed by atoms with van der Waals surface area (Å²) in [5, 5.41) is 2.68. The summed E-state index contributed by atoms with van der Waals surface area (Å²) in [5.74, 6) is -0.617. The fourth-order valence-corrected chi connectivity index (χ4v) is 4.22. The molecule has 2 aliphatic heterocycles. The Kier molecular flexibility index (Phi) is 5.49. The Hall–Kier alpha value is -3.82. The van der Waals surface area contributed by atoms with E-state index in [1.165, 1.54) is 17.9 Å². The second kappa shape index (κ2) is 8.61. The Morgan fingerprint density at radius 3 is 2.64 bits per heavy atom. The van der Waals surface area contributed by atoms with Gasteiger partial charge in [0.25, 0.3) is 6.01 Å². The summed E-state index contributed by atoms with van der Waals surface area (Å²) in [6.45, 7) is 4.28. The van der Waals surface area contributed by atoms with E-state index in [4.69, 9.17) is 9.15 Å². The predicted octanol–water partition coefficient (Wildman–Crippen LogP) is 2.75. The number of rotatable bonds is 5. The number of hydrogen-bond donors (Lipinski definition) is 1. The summed E-state index contributed by atoms with van der Waals surface area (Å²) < 4.78 is 26.0. The number of fused-ring (bicyclic) bond motifs is 1. The zero-order valence-electron chi connectivity index (χ0n) is 18.2. The second-order valence-corrected chi connectivity index (χ2v) is 8.11. The molecule has 9 nitrogen and oxygen atoms in total. The van der Waals surface area contributed by atoms with E-state index in [0.29, 0.717) is 43.6 Å². The first-order valence-electron chi connectivity index (χ1n) is 10.8. The molecule has 2 aliphatic rings. The minimum atomic E-state index is -0.551. The Labute approximate surface area is 189 Å². The van der Waals surface area contributed by atoms with Crippen LogP contribution >= 0.6 is 0 Å². The molecule has 1 N–H and O–H groups in total. The minimum absolute atomic E-state index is 0.139. The lowest BCUT2D eigenvalue weighted by Crippen LogP contribution is -2.47. The van der Waals surface area contributed by atoms with Gasteiger partial charge in [-0.1, -0.05) is 12.1 Å². The SMILES string of the molecule is CC(=O)NC[C@H]1COC(=O)N1c1ccc(N2CCN(c3nc4ccccc4o3)CC2)c(F)c1. The van der Waals surface area contributed by atoms with Crippen LogP contribution in [0.5, 0.6) is 0 Å². The molecule has 0 spiro atoms. The van der Waals surface area contributed by atoms with E-state index in [1.54, 1.807) is 12.1 Å². The number of ether oxygens (including phenoxy) is 1. The van der Waals surface area contributed by atoms with Crippen molar-refractivity contribution in [3.05, 3.63) is 48.3 Å². The zero-order chi connectivity index (χ0) is 22.9. The van der Waals surface area contributed by atoms with Crippen molar-refractivity contribution in [1.82, 2.24) is 10.3 Å². The summed E-state index contributed by atoms with van der Waals surface area (Å²) in [7, 11) is 0. The van der Waals surface area contributed by atoms with Crippen LogP contribution < -0.4 is 20.0 Å². The van der Waals surface area contributed by atoms with Gasteiger partial charge >= 0.3 is 6.09 Å². The maximum Gasteiger partial charge on any atom is 0.414 e. The summed E-state index contributed by atoms with van der Waals surface area (Å²) in [6, 6.07) is 12.5. The fraction of sp³-hybridized carbons (Fsp3) is 0.348. The molecule has 172 valence electrons. The lowest BCUT2D eigenvalue weighted by molar-refractivity contribution is -0.119. The van der Waals surface area contributed by atoms with Crippen LogP contribution in [0.2, 0.25) is 0 Å². The maximum atomic E-state index is 15.1. The molecule has 0 saturated carbocycles. The lowest BCUT2D eigenvalue weighted by atomic mass is 10.2. The average Bonchev–Trinajstić information content (AvgIpc) is 3.41. The monoisotopic (exact) mass is 453 g/mol. The number of hydrogen-bond acceptors (Lipinski definition) is 7. The standard InChI is InChI=1S/C23H24FN5O4/c1-15(30)25-13-17-14-32-23(31)29(17)16-6-7-20(18(24)12-16)27-8-10-28(11-9-27)22-26-19-4-2-3-5-21(19)33-22/h2-7,12,17H,8-11,13-14H2,1H3,(H,25,30)/t17-/m0/s1. The van der Waals surface area contributed by atoms with E-state index in [2.05, 4.69) is 15.2 Å². The van der Waals surface area contributed by atoms with E-state index in [-0.39, 0.29) is 25.1 Å². The van der Waals surface area contributed by atoms with Crippen molar-refractivity contribution < 1.29 is 23.1 Å². The van der Waals surface area contributed by atoms with Crippen LogP contribution in [0, 0.1) is 5.82 Å². The predicted molar refractivity (Wildman–Crippen MR) is 121 cm³/mol. The smallest absolute Gasteiger partial charge is 0.414 e. The molecule has 2 fully saturated rings. The number of nitrogens with one attached hydrogen (secondary N) is 1. The molecule has 10 heteroatoms. The highest BCUT2D eigenvalue weighted by Gasteiger charge is 2.35. The Balaban J connectivity index is 1.27. The van der Waals surface area contributed by atoms with Gasteiger partial charge in [-0.2, -0.15) is 4.98 Å². The number of oxazole rings is 1. The van der Waals surface area contributed by atoms with Crippen molar-refractivity contribution in [2.75, 3.05) is 54.0 Å². The summed E-state index contributed by atoms with van der Waals surface area (Å²) in [6.07, 6.45) is -0.551. The normalized spacial score (nSPS) is 18.7. The first-order chi connectivity index (χ1) is 16.0. The molecular formula is C23H24FN5O4. The Morgan fingerprint density at radius 1 is 1.15 bits per heavy atom. The van der Waals surface area contributed by atoms with Crippen LogP contribution in [0.1, 0.15) is 6.92 Å². The van der Waals surface area contributed by atoms with Crippen LogP contribution in [0.4, 0.5) is 26.6 Å². The zero-order valence-corrected chi connectivity index (χ0v) is 18.2. The number of amides is 2. The van der Waals surface area contributed by atoms with Gasteiger partial charge in [-0.3, -0.25) is 9.69 Å². The van der Waals surface area contributed by atoms with Crippen LogP contribution in [0.3, 0.4) is 0 Å². The van der Waals surface area contributed by atoms with E-state index < -0.39 is 11.9 Å². The van der Waals surface area contributed by atoms with Crippen molar-refractivity contribution in [2.45, 2.75) is 13.0 Å². The molecule has 2 saturated heterocycles. The molecule has 3 heterocycles. The lowest BCUT2D eigenvalue weighted by Gasteiger charge is -2.35. The topological polar surface area (TPSA) is 91.2 Å². The van der Waals surface area contributed by atoms with Crippen LogP contribution in [0.25, 0.3) is 11.1 Å². The van der Waals surface area contributed by atoms with Gasteiger partial charge in [0.05, 0.1) is 17.4 Å². The number of piperazine rings is 1. The molecule has 5 rings (SSSR count). The number of nitrogens with zero attached hydrogens (tertiary/aromatic N) is 4. The van der Waals surface area contributed by atoms with Crippen LogP contribution in [0.15, 0.2) is 46.9 Å². The second-order valence-electron chi connectivity index (χ2n) is 8.11. The van der Waals surface area contributed by atoms with Gasteiger partial charge in [0.2, 0.25) is 5.91 Å². The third kappa shape index (κ3) is 4.15. The number of cyclic esters (lactones) is 1. The molecular weight excluding hydrogens is 429 g/mol. The highest BCUT2D eigenvalue weighted by atomic mass is 19.1. The van der Waals surface area contributed by atoms with Crippen molar-refractivity contribution in [3.63, 3.8) is 0 Å². The Morgan fingerprint density at radius 2 is 1.91 bits per heavy atom. The van der Waals surface area contributed by atoms with Gasteiger partial charge in [-0.05, 0) is 30.3 Å². The summed E-state index contributed by atoms with van der Waals surface area (Å²) in [5.41, 5.74) is 2.43. The van der Waals surface area contributed by atoms with E-state index in [1.807, 2.05) is 29.2 Å². The number of halogens is 1. The van der Waals surface area contributed by atoms with Gasteiger partial charge in [-0.25, -0.2) is 9.18 Å². The number of anilines is 3. The van der Waals surface area contributed by atoms with Crippen molar-refractivity contribution in [2.24, 2.45) is 0 Å². The molecule has 0 unspecified atom stereocenters. The quantitative estimate of drug-likeness (QED) is 0.635. The average molecular weight is 453 g/mol. The molecule has 33 heavy (non-hydrogen) atoms. The molecule has 2 aromatic carbocycles. The number of carbonyl (C=O) groups excluding carboxylic acids is 2. The van der Waals surface area contributed by atoms with Crippen LogP contribution in [-0.4, -0.2) is 62.4 Å². The molecule has 0 bridgehead atoms. The molecule has 0 aliphatic carbocycles. The highest BCUT2D eigenvalue weighted by Crippen LogP contribution is 2.30. The van der Waals surface area contributed by atoms with Gasteiger partial charge < -0.3 is 24.3 Å². The first kappa shape index (κ1) is 21.0. The van der Waals surface area contributed by atoms with Crippen molar-refractivity contribution >= 4 is 40.5 Å². The van der Waals surface area contributed by atoms with Gasteiger partial charge in [0, 0.05) is 39.6 Å². The van der Waals surface area contributed by atoms with Crippen molar-refractivity contribution in [3.8, 4) is 0 Å². The van der Waals surface area contributed by atoms with Gasteiger partial charge in [-0.15, -0.1) is 0 Å². The third-order valence-electron chi connectivity index (χ3n) is 5.93. The molecule has 0 radical (unpaired) electrons. The largest absolute Gasteiger partial charge is 0.447 e. The number of para-hydroxylation sites is 2. The molecule has 1 aromatic heterocycles. The minimum Gasteiger partial charge on any atom is -0.447 e. The molecule has 1 atom stereocenters. The fourth-order valence-electron chi connectivity index (χ4n) is 4.22. The van der Waals surface area contributed by atoms with E-state index in [0.717, 1.165) is 11.1 Å². The molecule has 3 aromatic rings. The Bertz CT molecular complexity index is 1160. The molecule has 2 amide bonds. The summed E-state index contributed by atoms with van der Waals surface area (Å²) in [4.78, 5) is 33.4. The summed E-state index contributed by atoms with van der Waals surface area (Å²) >= 11 is 0. The maximum absolute atomic E-state index is 15.1. The van der Waals surface area contributed by atoms with Gasteiger partial charge in [0.1, 0.15) is 17.9 Å². The third-order valence-corrected chi connectivity index (χ3v) is 5.93. The first-order valence-corrected chi connectivity index (χ1v) is 10.8. The van der Waals surface area contributed by atoms with Gasteiger partial charge in [0.15, 0.2) is 5.58 Å². The number of carbonyl (C=O) groups is 2. The van der Waals surface area contributed by atoms with E-state index >= 15 is 4.39 Å². The van der Waals surface area contributed by atoms with Crippen LogP contribution in [-0.2, 0) is 9.53 Å². The van der Waals surface area contributed by atoms with Crippen molar-refractivity contribution in [1.29, 1.82) is 0 Å². The number of aromatic nitrogens is 1. The number of benzene rings is 2.